The second kappa shape index (κ2) is 8.85. The Hall–Kier alpha value is -2.62. The molecule has 4 heteroatoms. The first kappa shape index (κ1) is 19.2. The minimum absolute atomic E-state index is 0.0603. The van der Waals surface area contributed by atoms with Gasteiger partial charge in [0.2, 0.25) is 5.91 Å². The van der Waals surface area contributed by atoms with Gasteiger partial charge in [-0.25, -0.2) is 0 Å². The van der Waals surface area contributed by atoms with Gasteiger partial charge in [0.15, 0.2) is 0 Å². The second-order valence-corrected chi connectivity index (χ2v) is 7.38. The van der Waals surface area contributed by atoms with E-state index in [1.165, 1.54) is 11.1 Å². The van der Waals surface area contributed by atoms with Crippen LogP contribution < -0.4 is 0 Å². The standard InChI is InChI=1S/C23H28N2O2/c1-18-9-11-20(12-10-18)6-4-8-22(26)24-13-15-25(16-14-24)23(27)21-7-3-5-19(2)17-21/h3,5,7,9-12,17H,4,6,8,13-16H2,1-2H3. The highest BCUT2D eigenvalue weighted by Crippen LogP contribution is 2.13. The first-order chi connectivity index (χ1) is 13.0. The summed E-state index contributed by atoms with van der Waals surface area (Å²) in [4.78, 5) is 28.8. The van der Waals surface area contributed by atoms with Crippen LogP contribution in [0.4, 0.5) is 0 Å². The topological polar surface area (TPSA) is 40.6 Å². The maximum absolute atomic E-state index is 12.6. The summed E-state index contributed by atoms with van der Waals surface area (Å²) < 4.78 is 0. The number of benzene rings is 2. The van der Waals surface area contributed by atoms with Crippen molar-refractivity contribution in [1.29, 1.82) is 0 Å². The molecule has 0 spiro atoms. The van der Waals surface area contributed by atoms with Crippen LogP contribution in [0.2, 0.25) is 0 Å². The Morgan fingerprint density at radius 2 is 1.52 bits per heavy atom. The molecule has 0 N–H and O–H groups in total. The molecule has 3 rings (SSSR count). The first-order valence-corrected chi connectivity index (χ1v) is 9.72. The van der Waals surface area contributed by atoms with Crippen LogP contribution >= 0.6 is 0 Å². The Bertz CT molecular complexity index is 790. The molecule has 4 nitrogen and oxygen atoms in total. The minimum atomic E-state index is 0.0603. The fourth-order valence-corrected chi connectivity index (χ4v) is 3.48. The van der Waals surface area contributed by atoms with Gasteiger partial charge in [0.05, 0.1) is 0 Å². The van der Waals surface area contributed by atoms with Gasteiger partial charge in [0, 0.05) is 38.2 Å². The molecular formula is C23H28N2O2. The highest BCUT2D eigenvalue weighted by atomic mass is 16.2. The van der Waals surface area contributed by atoms with Gasteiger partial charge in [0.25, 0.3) is 5.91 Å². The van der Waals surface area contributed by atoms with Gasteiger partial charge in [-0.2, -0.15) is 0 Å². The van der Waals surface area contributed by atoms with Crippen LogP contribution in [0.25, 0.3) is 0 Å². The summed E-state index contributed by atoms with van der Waals surface area (Å²) in [5.41, 5.74) is 4.35. The lowest BCUT2D eigenvalue weighted by atomic mass is 10.1. The Morgan fingerprint density at radius 1 is 0.852 bits per heavy atom. The van der Waals surface area contributed by atoms with Crippen molar-refractivity contribution >= 4 is 11.8 Å². The average molecular weight is 364 g/mol. The van der Waals surface area contributed by atoms with Crippen LogP contribution in [-0.2, 0) is 11.2 Å². The van der Waals surface area contributed by atoms with Gasteiger partial charge in [-0.15, -0.1) is 0 Å². The van der Waals surface area contributed by atoms with Crippen LogP contribution in [0.3, 0.4) is 0 Å². The van der Waals surface area contributed by atoms with E-state index in [-0.39, 0.29) is 11.8 Å². The zero-order valence-electron chi connectivity index (χ0n) is 16.3. The second-order valence-electron chi connectivity index (χ2n) is 7.38. The number of amides is 2. The van der Waals surface area contributed by atoms with Gasteiger partial charge in [-0.3, -0.25) is 9.59 Å². The van der Waals surface area contributed by atoms with E-state index >= 15 is 0 Å². The zero-order valence-corrected chi connectivity index (χ0v) is 16.3. The van der Waals surface area contributed by atoms with E-state index in [0.717, 1.165) is 24.0 Å². The van der Waals surface area contributed by atoms with E-state index in [2.05, 4.69) is 31.2 Å². The normalized spacial score (nSPS) is 14.3. The number of piperazine rings is 1. The molecule has 2 aromatic rings. The van der Waals surface area contributed by atoms with E-state index in [4.69, 9.17) is 0 Å². The summed E-state index contributed by atoms with van der Waals surface area (Å²) >= 11 is 0. The lowest BCUT2D eigenvalue weighted by molar-refractivity contribution is -0.132. The first-order valence-electron chi connectivity index (χ1n) is 9.72. The van der Waals surface area contributed by atoms with Crippen LogP contribution in [0.1, 0.15) is 39.9 Å². The molecule has 27 heavy (non-hydrogen) atoms. The number of carbonyl (C=O) groups excluding carboxylic acids is 2. The summed E-state index contributed by atoms with van der Waals surface area (Å²) in [5.74, 6) is 0.259. The molecule has 0 unspecified atom stereocenters. The molecule has 142 valence electrons. The maximum Gasteiger partial charge on any atom is 0.253 e. The monoisotopic (exact) mass is 364 g/mol. The largest absolute Gasteiger partial charge is 0.339 e. The number of hydrogen-bond donors (Lipinski definition) is 0. The zero-order chi connectivity index (χ0) is 19.2. The summed E-state index contributed by atoms with van der Waals surface area (Å²) in [6.07, 6.45) is 2.36. The van der Waals surface area contributed by atoms with Gasteiger partial charge in [-0.05, 0) is 44.4 Å². The summed E-state index contributed by atoms with van der Waals surface area (Å²) in [5, 5.41) is 0. The molecule has 1 heterocycles. The number of carbonyl (C=O) groups is 2. The van der Waals surface area contributed by atoms with Crippen molar-refractivity contribution in [3.8, 4) is 0 Å². The van der Waals surface area contributed by atoms with Gasteiger partial charge in [0.1, 0.15) is 0 Å². The summed E-state index contributed by atoms with van der Waals surface area (Å²) in [6, 6.07) is 16.2. The van der Waals surface area contributed by atoms with Gasteiger partial charge in [-0.1, -0.05) is 47.5 Å². The third kappa shape index (κ3) is 5.19. The maximum atomic E-state index is 12.6. The Morgan fingerprint density at radius 3 is 2.19 bits per heavy atom. The van der Waals surface area contributed by atoms with Crippen LogP contribution in [0.15, 0.2) is 48.5 Å². The molecule has 1 fully saturated rings. The highest BCUT2D eigenvalue weighted by Gasteiger charge is 2.24. The molecule has 1 aliphatic rings. The van der Waals surface area contributed by atoms with Crippen molar-refractivity contribution < 1.29 is 9.59 Å². The van der Waals surface area contributed by atoms with Gasteiger partial charge < -0.3 is 9.80 Å². The van der Waals surface area contributed by atoms with Crippen molar-refractivity contribution in [3.63, 3.8) is 0 Å². The molecule has 0 radical (unpaired) electrons. The number of hydrogen-bond acceptors (Lipinski definition) is 2. The SMILES string of the molecule is Cc1ccc(CCCC(=O)N2CCN(C(=O)c3cccc(C)c3)CC2)cc1. The Labute approximate surface area is 161 Å². The molecule has 1 aliphatic heterocycles. The van der Waals surface area contributed by atoms with E-state index < -0.39 is 0 Å². The third-order valence-corrected chi connectivity index (χ3v) is 5.16. The predicted octanol–water partition coefficient (Wildman–Crippen LogP) is 3.61. The van der Waals surface area contributed by atoms with Crippen molar-refractivity contribution in [2.24, 2.45) is 0 Å². The van der Waals surface area contributed by atoms with E-state index in [9.17, 15) is 9.59 Å². The molecule has 0 aromatic heterocycles. The summed E-state index contributed by atoms with van der Waals surface area (Å²) in [6.45, 7) is 6.54. The smallest absolute Gasteiger partial charge is 0.253 e. The molecule has 0 aliphatic carbocycles. The van der Waals surface area contributed by atoms with Crippen LogP contribution in [-0.4, -0.2) is 47.8 Å². The van der Waals surface area contributed by atoms with E-state index in [1.54, 1.807) is 0 Å². The molecule has 0 bridgehead atoms. The summed E-state index contributed by atoms with van der Waals surface area (Å²) in [7, 11) is 0. The lowest BCUT2D eigenvalue weighted by Gasteiger charge is -2.35. The molecule has 1 saturated heterocycles. The molecule has 2 amide bonds. The fraction of sp³-hybridized carbons (Fsp3) is 0.391. The number of nitrogens with zero attached hydrogens (tertiary/aromatic N) is 2. The van der Waals surface area contributed by atoms with Crippen molar-refractivity contribution in [3.05, 3.63) is 70.8 Å². The average Bonchev–Trinajstić information content (AvgIpc) is 2.69. The predicted molar refractivity (Wildman–Crippen MR) is 108 cm³/mol. The van der Waals surface area contributed by atoms with Crippen LogP contribution in [0.5, 0.6) is 0 Å². The van der Waals surface area contributed by atoms with Gasteiger partial charge >= 0.3 is 0 Å². The van der Waals surface area contributed by atoms with Crippen molar-refractivity contribution in [2.75, 3.05) is 26.2 Å². The minimum Gasteiger partial charge on any atom is -0.339 e. The van der Waals surface area contributed by atoms with Crippen molar-refractivity contribution in [2.45, 2.75) is 33.1 Å². The molecule has 2 aromatic carbocycles. The molecule has 0 atom stereocenters. The van der Waals surface area contributed by atoms with Crippen molar-refractivity contribution in [1.82, 2.24) is 9.80 Å². The lowest BCUT2D eigenvalue weighted by Crippen LogP contribution is -2.50. The number of rotatable bonds is 5. The quantitative estimate of drug-likeness (QED) is 0.813. The Kier molecular flexibility index (Phi) is 6.28. The highest BCUT2D eigenvalue weighted by molar-refractivity contribution is 5.94. The van der Waals surface area contributed by atoms with E-state index in [1.807, 2.05) is 41.0 Å². The fourth-order valence-electron chi connectivity index (χ4n) is 3.48. The van der Waals surface area contributed by atoms with E-state index in [0.29, 0.717) is 32.6 Å². The Balaban J connectivity index is 1.43. The third-order valence-electron chi connectivity index (χ3n) is 5.16. The van der Waals surface area contributed by atoms with Crippen LogP contribution in [0, 0.1) is 13.8 Å². The number of aryl methyl sites for hydroxylation is 3. The molecular weight excluding hydrogens is 336 g/mol. The molecule has 0 saturated carbocycles.